The fourth-order valence-electron chi connectivity index (χ4n) is 3.18. The maximum Gasteiger partial charge on any atom is 0.319 e. The van der Waals surface area contributed by atoms with E-state index >= 15 is 0 Å². The lowest BCUT2D eigenvalue weighted by atomic mass is 9.96. The second-order valence-corrected chi connectivity index (χ2v) is 6.85. The number of nitrogens with one attached hydrogen (secondary N) is 3. The summed E-state index contributed by atoms with van der Waals surface area (Å²) in [6.45, 7) is 2.88. The van der Waals surface area contributed by atoms with E-state index in [1.165, 1.54) is 30.4 Å². The monoisotopic (exact) mass is 337 g/mol. The van der Waals surface area contributed by atoms with Crippen LogP contribution in [0.1, 0.15) is 43.2 Å². The zero-order chi connectivity index (χ0) is 17.5. The highest BCUT2D eigenvalue weighted by atomic mass is 16.2. The Morgan fingerprint density at radius 3 is 2.24 bits per heavy atom. The van der Waals surface area contributed by atoms with Gasteiger partial charge in [-0.15, -0.1) is 0 Å². The van der Waals surface area contributed by atoms with Crippen molar-refractivity contribution >= 4 is 17.4 Å². The summed E-state index contributed by atoms with van der Waals surface area (Å²) in [5.74, 6) is 0. The van der Waals surface area contributed by atoms with Gasteiger partial charge in [-0.3, -0.25) is 0 Å². The Balaban J connectivity index is 1.46. The lowest BCUT2D eigenvalue weighted by Crippen LogP contribution is -2.38. The van der Waals surface area contributed by atoms with Crippen LogP contribution in [0.25, 0.3) is 0 Å². The minimum Gasteiger partial charge on any atom is -0.381 e. The van der Waals surface area contributed by atoms with Gasteiger partial charge in [-0.25, -0.2) is 4.79 Å². The van der Waals surface area contributed by atoms with E-state index < -0.39 is 0 Å². The normalized spacial score (nSPS) is 14.8. The van der Waals surface area contributed by atoms with Crippen molar-refractivity contribution in [1.82, 2.24) is 5.32 Å². The third kappa shape index (κ3) is 5.52. The Bertz CT molecular complexity index is 673. The van der Waals surface area contributed by atoms with Crippen molar-refractivity contribution in [3.63, 3.8) is 0 Å². The maximum absolute atomic E-state index is 12.1. The van der Waals surface area contributed by atoms with Gasteiger partial charge in [0.05, 0.1) is 0 Å². The molecule has 1 aliphatic carbocycles. The van der Waals surface area contributed by atoms with Crippen molar-refractivity contribution in [3.05, 3.63) is 59.7 Å². The summed E-state index contributed by atoms with van der Waals surface area (Å²) in [7, 11) is 0. The molecule has 2 amide bonds. The molecule has 0 aliphatic heterocycles. The smallest absolute Gasteiger partial charge is 0.319 e. The number of aryl methyl sites for hydroxylation is 1. The standard InChI is InChI=1S/C21H27N3O/c1-16-7-9-17(10-8-16)15-22-18-11-13-20(14-12-18)24-21(25)23-19-5-3-2-4-6-19/h7-14,19,22H,2-6,15H2,1H3,(H2,23,24,25). The molecule has 0 radical (unpaired) electrons. The average molecular weight is 337 g/mol. The van der Waals surface area contributed by atoms with E-state index in [1.54, 1.807) is 0 Å². The maximum atomic E-state index is 12.1. The molecule has 0 spiro atoms. The SMILES string of the molecule is Cc1ccc(CNc2ccc(NC(=O)NC3CCCCC3)cc2)cc1. The average Bonchev–Trinajstić information content (AvgIpc) is 2.63. The second kappa shape index (κ2) is 8.56. The molecular weight excluding hydrogens is 310 g/mol. The van der Waals surface area contributed by atoms with Gasteiger partial charge >= 0.3 is 6.03 Å². The van der Waals surface area contributed by atoms with E-state index in [0.717, 1.165) is 30.8 Å². The topological polar surface area (TPSA) is 53.2 Å². The van der Waals surface area contributed by atoms with Gasteiger partial charge in [0, 0.05) is 24.0 Å². The molecule has 4 nitrogen and oxygen atoms in total. The zero-order valence-corrected chi connectivity index (χ0v) is 14.8. The Morgan fingerprint density at radius 1 is 0.920 bits per heavy atom. The Labute approximate surface area is 150 Å². The first-order valence-electron chi connectivity index (χ1n) is 9.16. The molecule has 0 bridgehead atoms. The van der Waals surface area contributed by atoms with Crippen LogP contribution in [0.5, 0.6) is 0 Å². The molecule has 3 rings (SSSR count). The molecule has 132 valence electrons. The number of anilines is 2. The first-order valence-corrected chi connectivity index (χ1v) is 9.16. The Hall–Kier alpha value is -2.49. The lowest BCUT2D eigenvalue weighted by molar-refractivity contribution is 0.244. The van der Waals surface area contributed by atoms with Crippen molar-refractivity contribution in [3.8, 4) is 0 Å². The van der Waals surface area contributed by atoms with Crippen molar-refractivity contribution in [2.75, 3.05) is 10.6 Å². The van der Waals surface area contributed by atoms with Gasteiger partial charge in [0.2, 0.25) is 0 Å². The summed E-state index contributed by atoms with van der Waals surface area (Å²) in [4.78, 5) is 12.1. The number of amides is 2. The van der Waals surface area contributed by atoms with E-state index in [9.17, 15) is 4.79 Å². The van der Waals surface area contributed by atoms with Crippen LogP contribution in [-0.2, 0) is 6.54 Å². The van der Waals surface area contributed by atoms with Crippen molar-refractivity contribution in [1.29, 1.82) is 0 Å². The summed E-state index contributed by atoms with van der Waals surface area (Å²) in [5, 5.41) is 9.38. The molecule has 4 heteroatoms. The number of benzene rings is 2. The fraction of sp³-hybridized carbons (Fsp3) is 0.381. The number of carbonyl (C=O) groups excluding carboxylic acids is 1. The van der Waals surface area contributed by atoms with Crippen LogP contribution in [0.3, 0.4) is 0 Å². The minimum atomic E-state index is -0.104. The van der Waals surface area contributed by atoms with Crippen LogP contribution in [0.2, 0.25) is 0 Å². The molecule has 0 unspecified atom stereocenters. The summed E-state index contributed by atoms with van der Waals surface area (Å²) < 4.78 is 0. The van der Waals surface area contributed by atoms with Crippen LogP contribution < -0.4 is 16.0 Å². The predicted molar refractivity (Wildman–Crippen MR) is 104 cm³/mol. The van der Waals surface area contributed by atoms with Gasteiger partial charge in [-0.05, 0) is 49.6 Å². The van der Waals surface area contributed by atoms with Crippen LogP contribution >= 0.6 is 0 Å². The first kappa shape index (κ1) is 17.3. The molecule has 25 heavy (non-hydrogen) atoms. The summed E-state index contributed by atoms with van der Waals surface area (Å²) >= 11 is 0. The van der Waals surface area contributed by atoms with E-state index in [1.807, 2.05) is 24.3 Å². The van der Waals surface area contributed by atoms with E-state index in [2.05, 4.69) is 47.1 Å². The van der Waals surface area contributed by atoms with Crippen LogP contribution in [0, 0.1) is 6.92 Å². The van der Waals surface area contributed by atoms with Crippen LogP contribution in [-0.4, -0.2) is 12.1 Å². The number of urea groups is 1. The number of hydrogen-bond acceptors (Lipinski definition) is 2. The quantitative estimate of drug-likeness (QED) is 0.714. The van der Waals surface area contributed by atoms with Gasteiger partial charge in [0.25, 0.3) is 0 Å². The third-order valence-corrected chi connectivity index (χ3v) is 4.70. The first-order chi connectivity index (χ1) is 12.2. The van der Waals surface area contributed by atoms with Gasteiger partial charge in [-0.1, -0.05) is 49.1 Å². The summed E-state index contributed by atoms with van der Waals surface area (Å²) in [6.07, 6.45) is 5.90. The van der Waals surface area contributed by atoms with E-state index in [0.29, 0.717) is 6.04 Å². The van der Waals surface area contributed by atoms with Crippen molar-refractivity contribution < 1.29 is 4.79 Å². The number of rotatable bonds is 5. The minimum absolute atomic E-state index is 0.104. The van der Waals surface area contributed by atoms with E-state index in [-0.39, 0.29) is 6.03 Å². The molecule has 0 heterocycles. The number of carbonyl (C=O) groups is 1. The second-order valence-electron chi connectivity index (χ2n) is 6.85. The molecular formula is C21H27N3O. The predicted octanol–water partition coefficient (Wildman–Crippen LogP) is 5.06. The fourth-order valence-corrected chi connectivity index (χ4v) is 3.18. The third-order valence-electron chi connectivity index (χ3n) is 4.70. The molecule has 0 atom stereocenters. The van der Waals surface area contributed by atoms with Gasteiger partial charge in [0.15, 0.2) is 0 Å². The Morgan fingerprint density at radius 2 is 1.56 bits per heavy atom. The molecule has 2 aromatic carbocycles. The molecule has 0 aromatic heterocycles. The molecule has 1 aliphatic rings. The molecule has 1 saturated carbocycles. The van der Waals surface area contributed by atoms with Crippen LogP contribution in [0.15, 0.2) is 48.5 Å². The zero-order valence-electron chi connectivity index (χ0n) is 14.8. The summed E-state index contributed by atoms with van der Waals surface area (Å²) in [6, 6.07) is 16.6. The van der Waals surface area contributed by atoms with Crippen molar-refractivity contribution in [2.45, 2.75) is 51.6 Å². The summed E-state index contributed by atoms with van der Waals surface area (Å²) in [5.41, 5.74) is 4.37. The van der Waals surface area contributed by atoms with Gasteiger partial charge in [-0.2, -0.15) is 0 Å². The largest absolute Gasteiger partial charge is 0.381 e. The highest BCUT2D eigenvalue weighted by molar-refractivity contribution is 5.89. The van der Waals surface area contributed by atoms with Crippen molar-refractivity contribution in [2.24, 2.45) is 0 Å². The Kier molecular flexibility index (Phi) is 5.94. The van der Waals surface area contributed by atoms with Gasteiger partial charge in [0.1, 0.15) is 0 Å². The van der Waals surface area contributed by atoms with Gasteiger partial charge < -0.3 is 16.0 Å². The van der Waals surface area contributed by atoms with Crippen LogP contribution in [0.4, 0.5) is 16.2 Å². The molecule has 2 aromatic rings. The molecule has 3 N–H and O–H groups in total. The molecule has 1 fully saturated rings. The number of hydrogen-bond donors (Lipinski definition) is 3. The molecule has 0 saturated heterocycles. The highest BCUT2D eigenvalue weighted by Gasteiger charge is 2.15. The lowest BCUT2D eigenvalue weighted by Gasteiger charge is -2.22. The highest BCUT2D eigenvalue weighted by Crippen LogP contribution is 2.18. The van der Waals surface area contributed by atoms with E-state index in [4.69, 9.17) is 0 Å².